The Kier molecular flexibility index (Phi) is 10.4. The van der Waals surface area contributed by atoms with E-state index in [1.807, 2.05) is 0 Å². The number of phosphoric ester groups is 1. The first kappa shape index (κ1) is 30.5. The number of ether oxygens (including phenoxy) is 2. The summed E-state index contributed by atoms with van der Waals surface area (Å²) in [6.07, 6.45) is -2.40. The lowest BCUT2D eigenvalue weighted by Gasteiger charge is -2.23. The van der Waals surface area contributed by atoms with Crippen molar-refractivity contribution in [1.82, 2.24) is 9.55 Å². The minimum absolute atomic E-state index is 0.0863. The molecule has 0 amide bonds. The Hall–Kier alpha value is -1.68. The zero-order valence-corrected chi connectivity index (χ0v) is 21.4. The minimum atomic E-state index is -5.74. The zero-order valence-electron chi connectivity index (χ0n) is 18.7. The number of nitrogens with zero attached hydrogens (tertiary/aromatic N) is 4. The summed E-state index contributed by atoms with van der Waals surface area (Å²) in [6.45, 7) is 2.35. The quantitative estimate of drug-likeness (QED) is 0.0953. The van der Waals surface area contributed by atoms with E-state index in [0.717, 1.165) is 4.57 Å². The molecule has 0 spiro atoms. The van der Waals surface area contributed by atoms with E-state index in [2.05, 4.69) is 28.2 Å². The first-order valence-corrected chi connectivity index (χ1v) is 14.5. The monoisotopic (exact) mass is 579 g/mol. The maximum Gasteiger partial charge on any atom is 0.490 e. The number of rotatable bonds is 13. The van der Waals surface area contributed by atoms with Crippen LogP contribution in [0, 0.1) is 6.92 Å². The van der Waals surface area contributed by atoms with Crippen LogP contribution in [0.15, 0.2) is 20.9 Å². The SMILES string of the molecule is CCCC(N=[N+]=[N-])O[C@@H]1C[C@H](n2cc(C)c(=O)[nH]c2=O)O[C@@H]1COP(=O)(O)OP(=O)(O)OP(=O)(O)O. The van der Waals surface area contributed by atoms with Crippen LogP contribution in [-0.4, -0.2) is 54.2 Å². The predicted octanol–water partition coefficient (Wildman–Crippen LogP) is 1.30. The van der Waals surface area contributed by atoms with E-state index in [9.17, 15) is 33.1 Å². The summed E-state index contributed by atoms with van der Waals surface area (Å²) in [5, 5.41) is 3.50. The number of hydrogen-bond acceptors (Lipinski definition) is 11. The number of phosphoric acid groups is 3. The van der Waals surface area contributed by atoms with Gasteiger partial charge in [-0.2, -0.15) is 8.62 Å². The molecule has 6 atom stereocenters. The molecule has 0 aromatic carbocycles. The Bertz CT molecular complexity index is 1240. The molecule has 0 saturated carbocycles. The molecule has 1 aromatic rings. The van der Waals surface area contributed by atoms with Gasteiger partial charge in [0.15, 0.2) is 0 Å². The molecule has 19 nitrogen and oxygen atoms in total. The lowest BCUT2D eigenvalue weighted by molar-refractivity contribution is -0.0808. The Labute approximate surface area is 202 Å². The molecule has 22 heteroatoms. The normalized spacial score (nSPS) is 24.4. The number of nitrogens with one attached hydrogen (secondary N) is 1. The van der Waals surface area contributed by atoms with Crippen molar-refractivity contribution in [2.24, 2.45) is 5.11 Å². The zero-order chi connectivity index (χ0) is 27.3. The van der Waals surface area contributed by atoms with Crippen LogP contribution in [0.5, 0.6) is 0 Å². The summed E-state index contributed by atoms with van der Waals surface area (Å²) in [7, 11) is -16.8. The molecule has 5 N–H and O–H groups in total. The third-order valence-corrected chi connectivity index (χ3v) is 8.31. The fraction of sp³-hybridized carbons (Fsp3) is 0.714. The van der Waals surface area contributed by atoms with E-state index in [4.69, 9.17) is 24.8 Å². The van der Waals surface area contributed by atoms with Gasteiger partial charge in [-0.3, -0.25) is 18.9 Å². The molecule has 1 saturated heterocycles. The van der Waals surface area contributed by atoms with Crippen LogP contribution in [0.25, 0.3) is 10.4 Å². The molecule has 1 aliphatic rings. The molecule has 0 aliphatic carbocycles. The van der Waals surface area contributed by atoms with Gasteiger partial charge < -0.3 is 29.0 Å². The fourth-order valence-electron chi connectivity index (χ4n) is 3.09. The second kappa shape index (κ2) is 12.2. The van der Waals surface area contributed by atoms with E-state index < -0.39 is 66.0 Å². The molecule has 204 valence electrons. The highest BCUT2D eigenvalue weighted by atomic mass is 31.3. The highest BCUT2D eigenvalue weighted by Crippen LogP contribution is 2.66. The third-order valence-electron chi connectivity index (χ3n) is 4.50. The van der Waals surface area contributed by atoms with Crippen molar-refractivity contribution in [3.05, 3.63) is 43.0 Å². The van der Waals surface area contributed by atoms with E-state index >= 15 is 0 Å². The summed E-state index contributed by atoms with van der Waals surface area (Å²) in [5.74, 6) is 0. The standard InChI is InChI=1S/C14H24N5O14P3/c1-3-4-11(17-18-15)30-9-5-12(19-6-8(2)13(20)16-14(19)21)31-10(9)7-29-35(25,26)33-36(27,28)32-34(22,23)24/h6,9-12H,3-5,7H2,1-2H3,(H,25,26)(H,27,28)(H,16,20,21)(H2,22,23,24)/t9-,10-,11?,12-/m1/s1. The van der Waals surface area contributed by atoms with E-state index in [0.29, 0.717) is 6.42 Å². The topological polar surface area (TPSA) is 282 Å². The number of azide groups is 1. The highest BCUT2D eigenvalue weighted by molar-refractivity contribution is 7.66. The Morgan fingerprint density at radius 3 is 2.50 bits per heavy atom. The van der Waals surface area contributed by atoms with Gasteiger partial charge in [0.05, 0.1) is 12.7 Å². The lowest BCUT2D eigenvalue weighted by atomic mass is 10.1. The molecule has 0 bridgehead atoms. The van der Waals surface area contributed by atoms with Crippen molar-refractivity contribution in [1.29, 1.82) is 0 Å². The van der Waals surface area contributed by atoms with Crippen LogP contribution in [0.1, 0.15) is 38.0 Å². The summed E-state index contributed by atoms with van der Waals surface area (Å²) >= 11 is 0. The van der Waals surface area contributed by atoms with Crippen LogP contribution >= 0.6 is 23.5 Å². The molecule has 36 heavy (non-hydrogen) atoms. The maximum absolute atomic E-state index is 12.3. The smallest absolute Gasteiger partial charge is 0.366 e. The molecule has 2 heterocycles. The second-order valence-electron chi connectivity index (χ2n) is 7.35. The van der Waals surface area contributed by atoms with E-state index in [1.54, 1.807) is 6.92 Å². The van der Waals surface area contributed by atoms with Gasteiger partial charge in [0.1, 0.15) is 18.6 Å². The minimum Gasteiger partial charge on any atom is -0.366 e. The average molecular weight is 579 g/mol. The van der Waals surface area contributed by atoms with Crippen molar-refractivity contribution in [3.8, 4) is 0 Å². The third kappa shape index (κ3) is 9.32. The molecular weight excluding hydrogens is 555 g/mol. The fourth-order valence-corrected chi connectivity index (χ4v) is 6.12. The maximum atomic E-state index is 12.3. The number of H-pyrrole nitrogens is 1. The Morgan fingerprint density at radius 1 is 1.25 bits per heavy atom. The van der Waals surface area contributed by atoms with Crippen molar-refractivity contribution in [3.63, 3.8) is 0 Å². The molecule has 3 unspecified atom stereocenters. The van der Waals surface area contributed by atoms with Gasteiger partial charge in [0.25, 0.3) is 5.56 Å². The molecule has 1 fully saturated rings. The number of aryl methyl sites for hydroxylation is 1. The van der Waals surface area contributed by atoms with Crippen LogP contribution in [0.2, 0.25) is 0 Å². The number of hydrogen-bond donors (Lipinski definition) is 5. The summed E-state index contributed by atoms with van der Waals surface area (Å²) < 4.78 is 58.7. The summed E-state index contributed by atoms with van der Waals surface area (Å²) in [6, 6.07) is 0. The molecule has 1 aliphatic heterocycles. The summed E-state index contributed by atoms with van der Waals surface area (Å²) in [4.78, 5) is 64.9. The van der Waals surface area contributed by atoms with Crippen LogP contribution in [-0.2, 0) is 36.3 Å². The predicted molar refractivity (Wildman–Crippen MR) is 117 cm³/mol. The van der Waals surface area contributed by atoms with Crippen molar-refractivity contribution < 1.29 is 55.9 Å². The first-order chi connectivity index (χ1) is 16.6. The van der Waals surface area contributed by atoms with Gasteiger partial charge >= 0.3 is 29.2 Å². The van der Waals surface area contributed by atoms with Gasteiger partial charge in [-0.15, -0.1) is 0 Å². The van der Waals surface area contributed by atoms with Crippen LogP contribution in [0.3, 0.4) is 0 Å². The van der Waals surface area contributed by atoms with Crippen molar-refractivity contribution in [2.75, 3.05) is 6.61 Å². The molecule has 0 radical (unpaired) electrons. The van der Waals surface area contributed by atoms with Crippen molar-refractivity contribution >= 4 is 23.5 Å². The van der Waals surface area contributed by atoms with Gasteiger partial charge in [-0.1, -0.05) is 18.5 Å². The Morgan fingerprint density at radius 2 is 1.92 bits per heavy atom. The first-order valence-electron chi connectivity index (χ1n) is 10.0. The second-order valence-corrected chi connectivity index (χ2v) is 11.8. The van der Waals surface area contributed by atoms with Gasteiger partial charge in [0, 0.05) is 23.1 Å². The largest absolute Gasteiger partial charge is 0.490 e. The molecule has 1 aromatic heterocycles. The van der Waals surface area contributed by atoms with Gasteiger partial charge in [-0.05, 0) is 18.9 Å². The number of aromatic nitrogens is 2. The van der Waals surface area contributed by atoms with Crippen molar-refractivity contribution in [2.45, 2.75) is 57.8 Å². The van der Waals surface area contributed by atoms with Gasteiger partial charge in [0.2, 0.25) is 0 Å². The van der Waals surface area contributed by atoms with Crippen LogP contribution < -0.4 is 11.2 Å². The van der Waals surface area contributed by atoms with Gasteiger partial charge in [-0.25, -0.2) is 18.5 Å². The molecular formula is C14H24N5O14P3. The van der Waals surface area contributed by atoms with Crippen LogP contribution in [0.4, 0.5) is 0 Å². The highest BCUT2D eigenvalue weighted by Gasteiger charge is 2.44. The average Bonchev–Trinajstić information content (AvgIpc) is 3.09. The number of aromatic amines is 1. The Balaban J connectivity index is 2.25. The van der Waals surface area contributed by atoms with E-state index in [1.165, 1.54) is 13.1 Å². The van der Waals surface area contributed by atoms with E-state index in [-0.39, 0.29) is 18.4 Å². The molecule has 2 rings (SSSR count). The summed E-state index contributed by atoms with van der Waals surface area (Å²) in [5.41, 5.74) is 7.48. The lowest BCUT2D eigenvalue weighted by Crippen LogP contribution is -2.33.